The number of fused-ring (bicyclic) bond motifs is 2. The van der Waals surface area contributed by atoms with Crippen molar-refractivity contribution >= 4 is 42.2 Å². The highest BCUT2D eigenvalue weighted by atomic mass is 35.5. The summed E-state index contributed by atoms with van der Waals surface area (Å²) in [5.41, 5.74) is 2.69. The number of likely N-dealkylation sites (N-methyl/N-ethyl adjacent to an activating group) is 1. The Labute approximate surface area is 276 Å². The standard InChI is InChI=1S/C36H53ClN5O2P/c1-3-4-5-6-7-8-9-10-11-12-13-14-15-16-17-20-25-38-45(43,44)42-34-22-19-18-21-32(34)36(41-28-26-40(2)27-29-41)39-33-30-31(37)23-24-35(33)42/h7-8,10-11,18-19,21-24,30H,3-6,9,12-17,20,25-29H2,1-2H3,(H2,38,43,44)/b8-7-,11-10-. The molecule has 0 bridgehead atoms. The molecule has 2 aromatic rings. The molecule has 45 heavy (non-hydrogen) atoms. The third-order valence-corrected chi connectivity index (χ3v) is 10.4. The predicted octanol–water partition coefficient (Wildman–Crippen LogP) is 9.62. The second-order valence-electron chi connectivity index (χ2n) is 12.2. The average Bonchev–Trinajstić information content (AvgIpc) is 3.17. The number of unbranched alkanes of at least 4 members (excludes halogenated alkanes) is 9. The molecule has 2 heterocycles. The quantitative estimate of drug-likeness (QED) is 0.101. The van der Waals surface area contributed by atoms with Crippen LogP contribution in [0.4, 0.5) is 17.1 Å². The van der Waals surface area contributed by atoms with Crippen molar-refractivity contribution in [2.75, 3.05) is 44.4 Å². The van der Waals surface area contributed by atoms with Crippen molar-refractivity contribution in [3.63, 3.8) is 0 Å². The lowest BCUT2D eigenvalue weighted by Crippen LogP contribution is -2.47. The zero-order valence-corrected chi connectivity index (χ0v) is 29.0. The summed E-state index contributed by atoms with van der Waals surface area (Å²) in [5.74, 6) is 0.815. The summed E-state index contributed by atoms with van der Waals surface area (Å²) in [6.07, 6.45) is 23.1. The van der Waals surface area contributed by atoms with Crippen LogP contribution in [0.2, 0.25) is 5.02 Å². The van der Waals surface area contributed by atoms with Gasteiger partial charge in [-0.25, -0.2) is 14.6 Å². The van der Waals surface area contributed by atoms with Crippen LogP contribution < -0.4 is 9.76 Å². The van der Waals surface area contributed by atoms with Crippen molar-refractivity contribution in [2.45, 2.75) is 84.0 Å². The van der Waals surface area contributed by atoms with Crippen LogP contribution in [0, 0.1) is 0 Å². The maximum absolute atomic E-state index is 14.1. The van der Waals surface area contributed by atoms with Crippen molar-refractivity contribution in [3.05, 3.63) is 77.4 Å². The molecule has 0 aliphatic carbocycles. The van der Waals surface area contributed by atoms with E-state index in [0.29, 0.717) is 28.6 Å². The van der Waals surface area contributed by atoms with E-state index in [-0.39, 0.29) is 0 Å². The Kier molecular flexibility index (Phi) is 14.7. The first-order valence-electron chi connectivity index (χ1n) is 17.0. The Morgan fingerprint density at radius 1 is 0.867 bits per heavy atom. The lowest BCUT2D eigenvalue weighted by molar-refractivity contribution is 0.216. The number of amidine groups is 1. The molecule has 0 aromatic heterocycles. The first-order chi connectivity index (χ1) is 21.9. The van der Waals surface area contributed by atoms with Gasteiger partial charge in [0.1, 0.15) is 5.84 Å². The molecule has 2 N–H and O–H groups in total. The van der Waals surface area contributed by atoms with E-state index in [1.54, 1.807) is 22.9 Å². The van der Waals surface area contributed by atoms with Crippen LogP contribution in [-0.4, -0.2) is 60.3 Å². The molecule has 1 fully saturated rings. The van der Waals surface area contributed by atoms with Crippen LogP contribution in [-0.2, 0) is 4.57 Å². The smallest absolute Gasteiger partial charge is 0.353 e. The van der Waals surface area contributed by atoms with E-state index in [9.17, 15) is 9.46 Å². The van der Waals surface area contributed by atoms with Crippen LogP contribution >= 0.6 is 19.3 Å². The van der Waals surface area contributed by atoms with E-state index in [0.717, 1.165) is 69.7 Å². The zero-order chi connectivity index (χ0) is 31.9. The number of hydrogen-bond acceptors (Lipinski definition) is 4. The highest BCUT2D eigenvalue weighted by molar-refractivity contribution is 7.58. The van der Waals surface area contributed by atoms with E-state index in [1.165, 1.54) is 44.9 Å². The third-order valence-electron chi connectivity index (χ3n) is 8.53. The fourth-order valence-corrected chi connectivity index (χ4v) is 7.56. The van der Waals surface area contributed by atoms with Crippen molar-refractivity contribution in [1.82, 2.24) is 14.9 Å². The van der Waals surface area contributed by atoms with Crippen molar-refractivity contribution in [1.29, 1.82) is 0 Å². The minimum atomic E-state index is -4.01. The van der Waals surface area contributed by atoms with Gasteiger partial charge in [-0.3, -0.25) is 4.67 Å². The summed E-state index contributed by atoms with van der Waals surface area (Å²) in [6.45, 7) is 6.25. The number of aliphatic imine (C=N–C) groups is 1. The molecule has 1 saturated heterocycles. The molecule has 246 valence electrons. The van der Waals surface area contributed by atoms with Crippen molar-refractivity contribution in [3.8, 4) is 0 Å². The molecule has 2 aliphatic rings. The number of halogens is 1. The van der Waals surface area contributed by atoms with Gasteiger partial charge in [0.15, 0.2) is 0 Å². The number of anilines is 2. The van der Waals surface area contributed by atoms with E-state index in [1.807, 2.05) is 24.3 Å². The lowest BCUT2D eigenvalue weighted by Gasteiger charge is -2.35. The monoisotopic (exact) mass is 653 g/mol. The number of nitrogens with one attached hydrogen (secondary N) is 1. The summed E-state index contributed by atoms with van der Waals surface area (Å²) in [7, 11) is -1.89. The Bertz CT molecular complexity index is 1340. The van der Waals surface area contributed by atoms with Crippen LogP contribution in [0.25, 0.3) is 0 Å². The van der Waals surface area contributed by atoms with Crippen LogP contribution in [0.5, 0.6) is 0 Å². The Hall–Kier alpha value is -2.41. The van der Waals surface area contributed by atoms with Crippen molar-refractivity contribution < 1.29 is 9.46 Å². The molecular weight excluding hydrogens is 601 g/mol. The molecule has 0 radical (unpaired) electrons. The van der Waals surface area contributed by atoms with E-state index < -0.39 is 7.67 Å². The molecule has 0 spiro atoms. The third kappa shape index (κ3) is 10.8. The lowest BCUT2D eigenvalue weighted by atomic mass is 10.1. The van der Waals surface area contributed by atoms with Gasteiger partial charge in [-0.05, 0) is 75.9 Å². The van der Waals surface area contributed by atoms with Gasteiger partial charge in [0.2, 0.25) is 0 Å². The number of para-hydroxylation sites is 1. The highest BCUT2D eigenvalue weighted by Gasteiger charge is 2.36. The minimum absolute atomic E-state index is 0.468. The fourth-order valence-electron chi connectivity index (χ4n) is 5.88. The molecule has 9 heteroatoms. The van der Waals surface area contributed by atoms with E-state index in [2.05, 4.69) is 53.2 Å². The molecule has 4 rings (SSSR count). The number of benzene rings is 2. The average molecular weight is 654 g/mol. The molecular formula is C36H53ClN5O2P. The Morgan fingerprint density at radius 3 is 2.27 bits per heavy atom. The Balaban J connectivity index is 1.27. The molecule has 7 nitrogen and oxygen atoms in total. The van der Waals surface area contributed by atoms with Gasteiger partial charge < -0.3 is 14.7 Å². The number of piperazine rings is 1. The first-order valence-corrected chi connectivity index (χ1v) is 19.0. The largest absolute Gasteiger partial charge is 0.370 e. The number of allylic oxidation sites excluding steroid dienone is 4. The summed E-state index contributed by atoms with van der Waals surface area (Å²) in [4.78, 5) is 21.2. The van der Waals surface area contributed by atoms with Crippen LogP contribution in [0.1, 0.15) is 89.5 Å². The number of hydrogen-bond donors (Lipinski definition) is 2. The van der Waals surface area contributed by atoms with Gasteiger partial charge in [0.05, 0.1) is 17.1 Å². The van der Waals surface area contributed by atoms with Gasteiger partial charge >= 0.3 is 7.67 Å². The topological polar surface area (TPSA) is 71.4 Å². The molecule has 2 aliphatic heterocycles. The van der Waals surface area contributed by atoms with Crippen molar-refractivity contribution in [2.24, 2.45) is 4.99 Å². The summed E-state index contributed by atoms with van der Waals surface area (Å²) >= 11 is 6.41. The Morgan fingerprint density at radius 2 is 1.53 bits per heavy atom. The zero-order valence-electron chi connectivity index (χ0n) is 27.3. The second-order valence-corrected chi connectivity index (χ2v) is 14.5. The molecule has 0 saturated carbocycles. The van der Waals surface area contributed by atoms with Gasteiger partial charge in [-0.1, -0.05) is 93.5 Å². The normalized spacial score (nSPS) is 16.9. The van der Waals surface area contributed by atoms with Crippen LogP contribution in [0.15, 0.2) is 71.8 Å². The summed E-state index contributed by atoms with van der Waals surface area (Å²) in [6, 6.07) is 13.1. The van der Waals surface area contributed by atoms with Gasteiger partial charge in [-0.2, -0.15) is 0 Å². The van der Waals surface area contributed by atoms with Gasteiger partial charge in [0.25, 0.3) is 0 Å². The summed E-state index contributed by atoms with van der Waals surface area (Å²) in [5, 5.41) is 3.57. The molecule has 1 unspecified atom stereocenters. The maximum atomic E-state index is 14.1. The van der Waals surface area contributed by atoms with E-state index in [4.69, 9.17) is 16.6 Å². The molecule has 1 atom stereocenters. The first kappa shape index (κ1) is 35.4. The highest BCUT2D eigenvalue weighted by Crippen LogP contribution is 2.55. The van der Waals surface area contributed by atoms with Crippen LogP contribution in [0.3, 0.4) is 0 Å². The maximum Gasteiger partial charge on any atom is 0.370 e. The van der Waals surface area contributed by atoms with E-state index >= 15 is 0 Å². The molecule has 2 aromatic carbocycles. The molecule has 0 amide bonds. The SMILES string of the molecule is CCCCC/C=C\C/C=C\CCCCCCCCNP(=O)(O)N1c2ccc(Cl)cc2N=C(N2CCN(C)CC2)c2ccccc21. The number of rotatable bonds is 17. The summed E-state index contributed by atoms with van der Waals surface area (Å²) < 4.78 is 15.6. The second kappa shape index (κ2) is 18.7. The van der Waals surface area contributed by atoms with Gasteiger partial charge in [0, 0.05) is 43.3 Å². The number of nitrogens with zero attached hydrogens (tertiary/aromatic N) is 4. The predicted molar refractivity (Wildman–Crippen MR) is 192 cm³/mol. The fraction of sp³-hybridized carbons (Fsp3) is 0.528. The van der Waals surface area contributed by atoms with Gasteiger partial charge in [-0.15, -0.1) is 0 Å². The minimum Gasteiger partial charge on any atom is -0.353 e.